The Kier molecular flexibility index (Phi) is 5.52. The van der Waals surface area contributed by atoms with Crippen LogP contribution in [0.1, 0.15) is 25.0 Å². The number of anilines is 2. The standard InChI is InChI=1S/C17H19N3O2S2/c1-12-11-24-17(18-12)23-10-8-15(21)19-13-4-6-14(7-5-13)20-9-2-3-16(20)22/h4-7,11H,2-3,8-10H2,1H3,(H,19,21). The predicted octanol–water partition coefficient (Wildman–Crippen LogP) is 3.70. The average molecular weight is 361 g/mol. The fourth-order valence-corrected chi connectivity index (χ4v) is 4.36. The lowest BCUT2D eigenvalue weighted by Crippen LogP contribution is -2.23. The summed E-state index contributed by atoms with van der Waals surface area (Å²) >= 11 is 3.21. The molecule has 1 fully saturated rings. The number of aryl methyl sites for hydroxylation is 1. The molecule has 0 radical (unpaired) electrons. The maximum Gasteiger partial charge on any atom is 0.227 e. The van der Waals surface area contributed by atoms with Crippen LogP contribution >= 0.6 is 23.1 Å². The van der Waals surface area contributed by atoms with E-state index in [-0.39, 0.29) is 11.8 Å². The Bertz CT molecular complexity index is 728. The minimum absolute atomic E-state index is 0.0132. The summed E-state index contributed by atoms with van der Waals surface area (Å²) < 4.78 is 1.000. The number of nitrogens with one attached hydrogen (secondary N) is 1. The molecule has 1 aliphatic heterocycles. The van der Waals surface area contributed by atoms with Crippen LogP contribution in [0.5, 0.6) is 0 Å². The lowest BCUT2D eigenvalue weighted by atomic mass is 10.2. The van der Waals surface area contributed by atoms with Crippen LogP contribution in [-0.4, -0.2) is 29.1 Å². The van der Waals surface area contributed by atoms with E-state index in [1.165, 1.54) is 0 Å². The highest BCUT2D eigenvalue weighted by Crippen LogP contribution is 2.24. The summed E-state index contributed by atoms with van der Waals surface area (Å²) in [7, 11) is 0. The summed E-state index contributed by atoms with van der Waals surface area (Å²) in [5, 5.41) is 4.90. The van der Waals surface area contributed by atoms with Crippen molar-refractivity contribution in [3.8, 4) is 0 Å². The molecular formula is C17H19N3O2S2. The number of amides is 2. The highest BCUT2D eigenvalue weighted by atomic mass is 32.2. The molecule has 0 unspecified atom stereocenters. The number of rotatable bonds is 6. The van der Waals surface area contributed by atoms with Crippen LogP contribution in [0.2, 0.25) is 0 Å². The number of thiazole rings is 1. The monoisotopic (exact) mass is 361 g/mol. The lowest BCUT2D eigenvalue weighted by molar-refractivity contribution is -0.117. The third-order valence-corrected chi connectivity index (χ3v) is 5.83. The van der Waals surface area contributed by atoms with E-state index in [1.54, 1.807) is 28.0 Å². The molecule has 1 N–H and O–H groups in total. The van der Waals surface area contributed by atoms with Gasteiger partial charge in [-0.25, -0.2) is 4.98 Å². The fraction of sp³-hybridized carbons (Fsp3) is 0.353. The Morgan fingerprint density at radius 2 is 2.17 bits per heavy atom. The van der Waals surface area contributed by atoms with Crippen molar-refractivity contribution in [2.75, 3.05) is 22.5 Å². The van der Waals surface area contributed by atoms with E-state index < -0.39 is 0 Å². The summed E-state index contributed by atoms with van der Waals surface area (Å²) in [6, 6.07) is 7.45. The van der Waals surface area contributed by atoms with Gasteiger partial charge in [0.05, 0.1) is 0 Å². The van der Waals surface area contributed by atoms with Gasteiger partial charge in [0.2, 0.25) is 11.8 Å². The maximum atomic E-state index is 12.0. The Balaban J connectivity index is 1.46. The quantitative estimate of drug-likeness (QED) is 0.797. The van der Waals surface area contributed by atoms with Gasteiger partial charge < -0.3 is 10.2 Å². The molecule has 5 nitrogen and oxygen atoms in total. The van der Waals surface area contributed by atoms with E-state index in [9.17, 15) is 9.59 Å². The second kappa shape index (κ2) is 7.81. The Morgan fingerprint density at radius 1 is 1.38 bits per heavy atom. The highest BCUT2D eigenvalue weighted by Gasteiger charge is 2.21. The maximum absolute atomic E-state index is 12.0. The van der Waals surface area contributed by atoms with Gasteiger partial charge in [0, 0.05) is 47.6 Å². The van der Waals surface area contributed by atoms with Crippen LogP contribution in [0.15, 0.2) is 34.0 Å². The van der Waals surface area contributed by atoms with Gasteiger partial charge in [-0.3, -0.25) is 9.59 Å². The molecule has 0 aliphatic carbocycles. The normalized spacial score (nSPS) is 14.2. The number of carbonyl (C=O) groups excluding carboxylic acids is 2. The predicted molar refractivity (Wildman–Crippen MR) is 98.9 cm³/mol. The van der Waals surface area contributed by atoms with Gasteiger partial charge in [-0.05, 0) is 37.6 Å². The van der Waals surface area contributed by atoms with Crippen LogP contribution < -0.4 is 10.2 Å². The van der Waals surface area contributed by atoms with Crippen LogP contribution in [0.3, 0.4) is 0 Å². The molecule has 3 rings (SSSR count). The molecule has 2 heterocycles. The molecule has 0 saturated carbocycles. The molecule has 1 aliphatic rings. The van der Waals surface area contributed by atoms with Crippen LogP contribution in [0.25, 0.3) is 0 Å². The molecular weight excluding hydrogens is 342 g/mol. The first-order valence-corrected chi connectivity index (χ1v) is 9.73. The zero-order valence-electron chi connectivity index (χ0n) is 13.4. The zero-order chi connectivity index (χ0) is 16.9. The van der Waals surface area contributed by atoms with Gasteiger partial charge in [-0.1, -0.05) is 11.8 Å². The third kappa shape index (κ3) is 4.36. The number of hydrogen-bond donors (Lipinski definition) is 1. The molecule has 0 atom stereocenters. The van der Waals surface area contributed by atoms with Crippen LogP contribution in [-0.2, 0) is 9.59 Å². The summed E-state index contributed by atoms with van der Waals surface area (Å²) in [6.07, 6.45) is 1.97. The minimum atomic E-state index is -0.0132. The first kappa shape index (κ1) is 17.0. The van der Waals surface area contributed by atoms with Crippen LogP contribution in [0.4, 0.5) is 11.4 Å². The molecule has 0 spiro atoms. The van der Waals surface area contributed by atoms with Gasteiger partial charge in [0.1, 0.15) is 4.34 Å². The molecule has 126 valence electrons. The van der Waals surface area contributed by atoms with Crippen molar-refractivity contribution in [2.45, 2.75) is 30.5 Å². The Morgan fingerprint density at radius 3 is 2.79 bits per heavy atom. The second-order valence-corrected chi connectivity index (χ2v) is 7.80. The Labute approximate surface area is 149 Å². The van der Waals surface area contributed by atoms with E-state index >= 15 is 0 Å². The molecule has 7 heteroatoms. The Hall–Kier alpha value is -1.86. The molecule has 0 bridgehead atoms. The van der Waals surface area contributed by atoms with Crippen LogP contribution in [0, 0.1) is 6.92 Å². The number of hydrogen-bond acceptors (Lipinski definition) is 5. The fourth-order valence-electron chi connectivity index (χ4n) is 2.50. The number of thioether (sulfide) groups is 1. The van der Waals surface area contributed by atoms with Gasteiger partial charge in [0.25, 0.3) is 0 Å². The first-order chi connectivity index (χ1) is 11.6. The van der Waals surface area contributed by atoms with Crippen molar-refractivity contribution >= 4 is 46.3 Å². The minimum Gasteiger partial charge on any atom is -0.326 e. The largest absolute Gasteiger partial charge is 0.326 e. The van der Waals surface area contributed by atoms with Crippen molar-refractivity contribution in [3.05, 3.63) is 35.3 Å². The van der Waals surface area contributed by atoms with Gasteiger partial charge in [-0.2, -0.15) is 0 Å². The zero-order valence-corrected chi connectivity index (χ0v) is 15.1. The van der Waals surface area contributed by atoms with Gasteiger partial charge in [-0.15, -0.1) is 11.3 Å². The van der Waals surface area contributed by atoms with E-state index in [2.05, 4.69) is 10.3 Å². The number of aromatic nitrogens is 1. The number of carbonyl (C=O) groups is 2. The number of benzene rings is 1. The van der Waals surface area contributed by atoms with E-state index in [4.69, 9.17) is 0 Å². The second-order valence-electron chi connectivity index (χ2n) is 5.60. The first-order valence-electron chi connectivity index (χ1n) is 7.87. The van der Waals surface area contributed by atoms with Gasteiger partial charge in [0.15, 0.2) is 0 Å². The van der Waals surface area contributed by atoms with Crippen molar-refractivity contribution in [1.29, 1.82) is 0 Å². The van der Waals surface area contributed by atoms with Crippen molar-refractivity contribution in [1.82, 2.24) is 4.98 Å². The smallest absolute Gasteiger partial charge is 0.227 e. The molecule has 1 aromatic heterocycles. The molecule has 1 saturated heterocycles. The van der Waals surface area contributed by atoms with Crippen molar-refractivity contribution in [3.63, 3.8) is 0 Å². The summed E-state index contributed by atoms with van der Waals surface area (Å²) in [6.45, 7) is 2.74. The van der Waals surface area contributed by atoms with E-state index in [1.807, 2.05) is 36.6 Å². The molecule has 2 aromatic rings. The molecule has 24 heavy (non-hydrogen) atoms. The van der Waals surface area contributed by atoms with E-state index in [0.29, 0.717) is 18.6 Å². The van der Waals surface area contributed by atoms with E-state index in [0.717, 1.165) is 34.4 Å². The SMILES string of the molecule is Cc1csc(SCCC(=O)Nc2ccc(N3CCCC3=O)cc2)n1. The number of nitrogens with zero attached hydrogens (tertiary/aromatic N) is 2. The lowest BCUT2D eigenvalue weighted by Gasteiger charge is -2.16. The van der Waals surface area contributed by atoms with Gasteiger partial charge >= 0.3 is 0 Å². The van der Waals surface area contributed by atoms with Crippen molar-refractivity contribution < 1.29 is 9.59 Å². The third-order valence-electron chi connectivity index (χ3n) is 3.69. The van der Waals surface area contributed by atoms with Crippen molar-refractivity contribution in [2.24, 2.45) is 0 Å². The molecule has 1 aromatic carbocycles. The molecule has 2 amide bonds. The topological polar surface area (TPSA) is 62.3 Å². The summed E-state index contributed by atoms with van der Waals surface area (Å²) in [5.74, 6) is 0.862. The average Bonchev–Trinajstić information content (AvgIpc) is 3.17. The summed E-state index contributed by atoms with van der Waals surface area (Å²) in [4.78, 5) is 29.9. The summed E-state index contributed by atoms with van der Waals surface area (Å²) in [5.41, 5.74) is 2.67. The highest BCUT2D eigenvalue weighted by molar-refractivity contribution is 8.01.